The van der Waals surface area contributed by atoms with Gasteiger partial charge in [0.15, 0.2) is 0 Å². The number of rotatable bonds is 5. The molecule has 1 saturated heterocycles. The number of ether oxygens (including phenoxy) is 1. The Labute approximate surface area is 143 Å². The zero-order valence-electron chi connectivity index (χ0n) is 13.6. The van der Waals surface area contributed by atoms with Crippen LogP contribution in [0.25, 0.3) is 0 Å². The maximum absolute atomic E-state index is 6.28. The van der Waals surface area contributed by atoms with Gasteiger partial charge in [-0.2, -0.15) is 0 Å². The molecule has 2 nitrogen and oxygen atoms in total. The van der Waals surface area contributed by atoms with Gasteiger partial charge in [-0.1, -0.05) is 43.1 Å². The van der Waals surface area contributed by atoms with Gasteiger partial charge in [0.2, 0.25) is 0 Å². The lowest BCUT2D eigenvalue weighted by atomic mass is 9.76. The summed E-state index contributed by atoms with van der Waals surface area (Å²) in [5, 5.41) is 4.88. The quantitative estimate of drug-likeness (QED) is 0.839. The first-order valence-corrected chi connectivity index (χ1v) is 8.90. The highest BCUT2D eigenvalue weighted by Crippen LogP contribution is 2.70. The molecule has 22 heavy (non-hydrogen) atoms. The molecular formula is C18H25Cl2NO. The molecule has 0 bridgehead atoms. The van der Waals surface area contributed by atoms with Crippen LogP contribution in [0, 0.1) is 11.3 Å². The molecule has 4 heteroatoms. The highest BCUT2D eigenvalue weighted by atomic mass is 35.5. The van der Waals surface area contributed by atoms with E-state index in [1.165, 1.54) is 12.0 Å². The zero-order valence-corrected chi connectivity index (χ0v) is 15.1. The van der Waals surface area contributed by atoms with Gasteiger partial charge >= 0.3 is 0 Å². The molecule has 0 spiro atoms. The number of halogens is 2. The van der Waals surface area contributed by atoms with Crippen LogP contribution in [0.5, 0.6) is 0 Å². The van der Waals surface area contributed by atoms with Crippen molar-refractivity contribution in [3.63, 3.8) is 0 Å². The fourth-order valence-corrected chi connectivity index (χ4v) is 4.81. The maximum atomic E-state index is 6.28. The van der Waals surface area contributed by atoms with Crippen LogP contribution in [0.1, 0.15) is 38.7 Å². The summed E-state index contributed by atoms with van der Waals surface area (Å²) < 4.78 is 5.95. The van der Waals surface area contributed by atoms with Gasteiger partial charge in [0.1, 0.15) is 0 Å². The van der Waals surface area contributed by atoms with Crippen LogP contribution in [0.2, 0.25) is 10.0 Å². The average Bonchev–Trinajstić information content (AvgIpc) is 3.19. The van der Waals surface area contributed by atoms with Gasteiger partial charge in [0.05, 0.1) is 16.1 Å². The zero-order chi connectivity index (χ0) is 16.0. The number of fused-ring (bicyclic) bond motifs is 1. The van der Waals surface area contributed by atoms with Crippen LogP contribution >= 0.6 is 23.2 Å². The Morgan fingerprint density at radius 1 is 1.27 bits per heavy atom. The van der Waals surface area contributed by atoms with Crippen molar-refractivity contribution in [2.45, 2.75) is 44.6 Å². The number of methoxy groups -OCH3 is 1. The molecule has 1 saturated carbocycles. The number of benzene rings is 1. The summed E-state index contributed by atoms with van der Waals surface area (Å²) in [5.41, 5.74) is 1.72. The second-order valence-corrected chi connectivity index (χ2v) is 8.14. The summed E-state index contributed by atoms with van der Waals surface area (Å²) in [6.07, 6.45) is 3.70. The van der Waals surface area contributed by atoms with Crippen molar-refractivity contribution < 1.29 is 4.74 Å². The van der Waals surface area contributed by atoms with E-state index in [1.54, 1.807) is 0 Å². The van der Waals surface area contributed by atoms with Crippen molar-refractivity contribution in [2.24, 2.45) is 11.3 Å². The van der Waals surface area contributed by atoms with Gasteiger partial charge in [0, 0.05) is 24.5 Å². The first-order valence-electron chi connectivity index (χ1n) is 8.14. The Balaban J connectivity index is 1.96. The normalized spacial score (nSPS) is 31.9. The predicted molar refractivity (Wildman–Crippen MR) is 92.9 cm³/mol. The third kappa shape index (κ3) is 2.49. The molecule has 1 N–H and O–H groups in total. The van der Waals surface area contributed by atoms with E-state index in [0.29, 0.717) is 16.0 Å². The molecule has 1 unspecified atom stereocenters. The smallest absolute Gasteiger partial charge is 0.0651 e. The van der Waals surface area contributed by atoms with Crippen molar-refractivity contribution in [2.75, 3.05) is 20.2 Å². The Hall–Kier alpha value is -0.280. The van der Waals surface area contributed by atoms with E-state index >= 15 is 0 Å². The summed E-state index contributed by atoms with van der Waals surface area (Å²) in [7, 11) is 1.86. The SMILES string of the molecule is CO[C@H](CC(C)C)C12CNCC[C@@]1(c1ccc(Cl)c(Cl)c1)C2. The Morgan fingerprint density at radius 2 is 2.05 bits per heavy atom. The van der Waals surface area contributed by atoms with Crippen molar-refractivity contribution in [3.8, 4) is 0 Å². The lowest BCUT2D eigenvalue weighted by Gasteiger charge is -2.37. The fourth-order valence-electron chi connectivity index (χ4n) is 4.52. The van der Waals surface area contributed by atoms with E-state index < -0.39 is 0 Å². The van der Waals surface area contributed by atoms with E-state index in [4.69, 9.17) is 27.9 Å². The molecule has 122 valence electrons. The number of piperidine rings is 1. The third-order valence-electron chi connectivity index (χ3n) is 5.67. The van der Waals surface area contributed by atoms with Gasteiger partial charge in [-0.3, -0.25) is 0 Å². The standard InChI is InChI=1S/C18H25Cl2NO/c1-12(2)8-16(22-3)18-10-17(18,6-7-21-11-18)13-4-5-14(19)15(20)9-13/h4-5,9,12,16,21H,6-8,10-11H2,1-3H3/t16-,17+,18?/m1/s1. The van der Waals surface area contributed by atoms with Gasteiger partial charge in [-0.25, -0.2) is 0 Å². The molecule has 0 aromatic heterocycles. The van der Waals surface area contributed by atoms with Crippen LogP contribution in [0.3, 0.4) is 0 Å². The Morgan fingerprint density at radius 3 is 2.68 bits per heavy atom. The number of hydrogen-bond donors (Lipinski definition) is 1. The average molecular weight is 342 g/mol. The van der Waals surface area contributed by atoms with E-state index in [2.05, 4.69) is 31.3 Å². The number of hydrogen-bond acceptors (Lipinski definition) is 2. The van der Waals surface area contributed by atoms with E-state index in [0.717, 1.165) is 25.9 Å². The van der Waals surface area contributed by atoms with Crippen molar-refractivity contribution in [1.29, 1.82) is 0 Å². The number of nitrogens with one attached hydrogen (secondary N) is 1. The van der Waals surface area contributed by atoms with Gasteiger partial charge in [-0.15, -0.1) is 0 Å². The van der Waals surface area contributed by atoms with E-state index in [1.807, 2.05) is 13.2 Å². The second kappa shape index (κ2) is 5.98. The predicted octanol–water partition coefficient (Wildman–Crippen LogP) is 4.68. The van der Waals surface area contributed by atoms with Crippen LogP contribution < -0.4 is 5.32 Å². The summed E-state index contributed by atoms with van der Waals surface area (Å²) in [5.74, 6) is 0.633. The minimum atomic E-state index is 0.196. The lowest BCUT2D eigenvalue weighted by Crippen LogP contribution is -2.45. The first-order chi connectivity index (χ1) is 10.4. The van der Waals surface area contributed by atoms with E-state index in [9.17, 15) is 0 Å². The van der Waals surface area contributed by atoms with Crippen LogP contribution in [0.4, 0.5) is 0 Å². The second-order valence-electron chi connectivity index (χ2n) is 7.32. The highest BCUT2D eigenvalue weighted by Gasteiger charge is 2.71. The van der Waals surface area contributed by atoms with Crippen molar-refractivity contribution in [1.82, 2.24) is 5.32 Å². The molecular weight excluding hydrogens is 317 g/mol. The highest BCUT2D eigenvalue weighted by molar-refractivity contribution is 6.42. The van der Waals surface area contributed by atoms with Crippen LogP contribution in [0.15, 0.2) is 18.2 Å². The van der Waals surface area contributed by atoms with Crippen LogP contribution in [-0.2, 0) is 10.2 Å². The van der Waals surface area contributed by atoms with Gasteiger partial charge < -0.3 is 10.1 Å². The van der Waals surface area contributed by atoms with Crippen LogP contribution in [-0.4, -0.2) is 26.3 Å². The molecule has 2 aliphatic rings. The van der Waals surface area contributed by atoms with Crippen molar-refractivity contribution >= 4 is 23.2 Å². The lowest BCUT2D eigenvalue weighted by molar-refractivity contribution is 0.00725. The van der Waals surface area contributed by atoms with Gasteiger partial charge in [-0.05, 0) is 49.4 Å². The molecule has 1 aliphatic heterocycles. The summed E-state index contributed by atoms with van der Waals surface area (Å²) in [4.78, 5) is 0. The largest absolute Gasteiger partial charge is 0.381 e. The topological polar surface area (TPSA) is 21.3 Å². The molecule has 0 amide bonds. The first kappa shape index (κ1) is 16.6. The maximum Gasteiger partial charge on any atom is 0.0651 e. The molecule has 0 radical (unpaired) electrons. The minimum Gasteiger partial charge on any atom is -0.381 e. The Kier molecular flexibility index (Phi) is 4.50. The molecule has 2 fully saturated rings. The molecule has 3 rings (SSSR count). The van der Waals surface area contributed by atoms with Crippen molar-refractivity contribution in [3.05, 3.63) is 33.8 Å². The summed E-state index contributed by atoms with van der Waals surface area (Å²) in [6.45, 7) is 6.61. The molecule has 1 aromatic rings. The molecule has 1 aliphatic carbocycles. The van der Waals surface area contributed by atoms with E-state index in [-0.39, 0.29) is 16.9 Å². The molecule has 1 heterocycles. The summed E-state index contributed by atoms with van der Waals surface area (Å²) in [6, 6.07) is 6.16. The Bertz CT molecular complexity index is 562. The summed E-state index contributed by atoms with van der Waals surface area (Å²) >= 11 is 12.4. The monoisotopic (exact) mass is 341 g/mol. The minimum absolute atomic E-state index is 0.196. The molecule has 1 aromatic carbocycles. The van der Waals surface area contributed by atoms with Gasteiger partial charge in [0.25, 0.3) is 0 Å². The third-order valence-corrected chi connectivity index (χ3v) is 6.41. The fraction of sp³-hybridized carbons (Fsp3) is 0.667. The molecule has 3 atom stereocenters.